The van der Waals surface area contributed by atoms with Gasteiger partial charge in [0.2, 0.25) is 0 Å². The molecule has 3 aromatic rings. The van der Waals surface area contributed by atoms with Gasteiger partial charge in [0.25, 0.3) is 0 Å². The molecule has 100 valence electrons. The molecule has 0 unspecified atom stereocenters. The summed E-state index contributed by atoms with van der Waals surface area (Å²) in [5, 5.41) is 3.37. The quantitative estimate of drug-likeness (QED) is 0.764. The Morgan fingerprint density at radius 3 is 2.60 bits per heavy atom. The van der Waals surface area contributed by atoms with Gasteiger partial charge >= 0.3 is 0 Å². The standard InChI is InChI=1S/C15H13BrN4/c16-13-5-11(6-17-8-13)7-19-14-3-1-12(2-4-14)15-9-18-10-20-15/h1-6,8-10,19H,7H2,(H,18,20). The highest BCUT2D eigenvalue weighted by Crippen LogP contribution is 2.19. The maximum atomic E-state index is 4.15. The van der Waals surface area contributed by atoms with E-state index in [1.165, 1.54) is 0 Å². The van der Waals surface area contributed by atoms with E-state index in [4.69, 9.17) is 0 Å². The third-order valence-corrected chi connectivity index (χ3v) is 3.39. The number of nitrogens with zero attached hydrogens (tertiary/aromatic N) is 2. The lowest BCUT2D eigenvalue weighted by Crippen LogP contribution is -1.99. The van der Waals surface area contributed by atoms with Gasteiger partial charge in [0.15, 0.2) is 0 Å². The van der Waals surface area contributed by atoms with Crippen molar-refractivity contribution in [1.82, 2.24) is 15.0 Å². The highest BCUT2D eigenvalue weighted by Gasteiger charge is 1.99. The normalized spacial score (nSPS) is 10.4. The van der Waals surface area contributed by atoms with E-state index in [0.29, 0.717) is 0 Å². The monoisotopic (exact) mass is 328 g/mol. The summed E-state index contributed by atoms with van der Waals surface area (Å²) in [7, 11) is 0. The first-order valence-corrected chi connectivity index (χ1v) is 7.03. The first-order chi connectivity index (χ1) is 9.81. The number of aromatic nitrogens is 3. The van der Waals surface area contributed by atoms with Gasteiger partial charge in [-0.1, -0.05) is 12.1 Å². The molecule has 0 fully saturated rings. The van der Waals surface area contributed by atoms with E-state index in [1.54, 1.807) is 12.5 Å². The molecule has 20 heavy (non-hydrogen) atoms. The predicted octanol–water partition coefficient (Wildman–Crippen LogP) is 3.85. The van der Waals surface area contributed by atoms with Crippen molar-refractivity contribution in [2.24, 2.45) is 0 Å². The number of rotatable bonds is 4. The van der Waals surface area contributed by atoms with Crippen LogP contribution in [0.1, 0.15) is 5.56 Å². The number of hydrogen-bond donors (Lipinski definition) is 2. The van der Waals surface area contributed by atoms with E-state index in [9.17, 15) is 0 Å². The van der Waals surface area contributed by atoms with Crippen LogP contribution in [0.5, 0.6) is 0 Å². The minimum absolute atomic E-state index is 0.746. The molecule has 0 aliphatic rings. The van der Waals surface area contributed by atoms with Gasteiger partial charge in [0.1, 0.15) is 0 Å². The Kier molecular flexibility index (Phi) is 3.78. The number of hydrogen-bond acceptors (Lipinski definition) is 3. The molecule has 0 atom stereocenters. The summed E-state index contributed by atoms with van der Waals surface area (Å²) in [5.74, 6) is 0. The van der Waals surface area contributed by atoms with Crippen LogP contribution in [-0.2, 0) is 6.54 Å². The lowest BCUT2D eigenvalue weighted by atomic mass is 10.1. The summed E-state index contributed by atoms with van der Waals surface area (Å²) in [6.07, 6.45) is 7.14. The van der Waals surface area contributed by atoms with Gasteiger partial charge in [-0.05, 0) is 45.3 Å². The molecule has 2 N–H and O–H groups in total. The third kappa shape index (κ3) is 3.05. The Bertz CT molecular complexity index is 677. The van der Waals surface area contributed by atoms with Crippen LogP contribution >= 0.6 is 15.9 Å². The fraction of sp³-hybridized carbons (Fsp3) is 0.0667. The van der Waals surface area contributed by atoms with Crippen molar-refractivity contribution in [3.8, 4) is 11.3 Å². The molecule has 5 heteroatoms. The zero-order valence-corrected chi connectivity index (χ0v) is 12.3. The number of H-pyrrole nitrogens is 1. The molecule has 2 aromatic heterocycles. The molecule has 0 bridgehead atoms. The minimum Gasteiger partial charge on any atom is -0.381 e. The summed E-state index contributed by atoms with van der Waals surface area (Å²) in [6.45, 7) is 0.746. The summed E-state index contributed by atoms with van der Waals surface area (Å²) in [5.41, 5.74) is 4.36. The number of pyridine rings is 1. The number of anilines is 1. The fourth-order valence-corrected chi connectivity index (χ4v) is 2.35. The number of nitrogens with one attached hydrogen (secondary N) is 2. The smallest absolute Gasteiger partial charge is 0.0924 e. The van der Waals surface area contributed by atoms with E-state index in [0.717, 1.165) is 33.5 Å². The Morgan fingerprint density at radius 2 is 1.90 bits per heavy atom. The molecule has 0 spiro atoms. The van der Waals surface area contributed by atoms with Gasteiger partial charge in [-0.15, -0.1) is 0 Å². The Labute approximate surface area is 125 Å². The van der Waals surface area contributed by atoms with Crippen LogP contribution in [0, 0.1) is 0 Å². The molecule has 0 saturated heterocycles. The van der Waals surface area contributed by atoms with Crippen molar-refractivity contribution in [2.75, 3.05) is 5.32 Å². The predicted molar refractivity (Wildman–Crippen MR) is 83.3 cm³/mol. The van der Waals surface area contributed by atoms with Crippen LogP contribution in [0.15, 0.2) is 59.7 Å². The average Bonchev–Trinajstić information content (AvgIpc) is 3.00. The Morgan fingerprint density at radius 1 is 1.05 bits per heavy atom. The third-order valence-electron chi connectivity index (χ3n) is 2.95. The summed E-state index contributed by atoms with van der Waals surface area (Å²) >= 11 is 3.42. The molecule has 0 amide bonds. The van der Waals surface area contributed by atoms with E-state index < -0.39 is 0 Å². The molecule has 2 heterocycles. The second-order valence-corrected chi connectivity index (χ2v) is 5.32. The van der Waals surface area contributed by atoms with Crippen molar-refractivity contribution in [3.05, 3.63) is 65.3 Å². The number of aromatic amines is 1. The first-order valence-electron chi connectivity index (χ1n) is 6.23. The van der Waals surface area contributed by atoms with Gasteiger partial charge in [0.05, 0.1) is 18.2 Å². The van der Waals surface area contributed by atoms with Gasteiger partial charge < -0.3 is 10.3 Å². The number of benzene rings is 1. The van der Waals surface area contributed by atoms with Crippen LogP contribution in [0.25, 0.3) is 11.3 Å². The first kappa shape index (κ1) is 12.9. The average molecular weight is 329 g/mol. The highest BCUT2D eigenvalue weighted by molar-refractivity contribution is 9.10. The molecule has 1 aromatic carbocycles. The molecule has 4 nitrogen and oxygen atoms in total. The molecule has 3 rings (SSSR count). The van der Waals surface area contributed by atoms with Crippen LogP contribution in [0.4, 0.5) is 5.69 Å². The largest absolute Gasteiger partial charge is 0.381 e. The van der Waals surface area contributed by atoms with Crippen LogP contribution in [-0.4, -0.2) is 15.0 Å². The van der Waals surface area contributed by atoms with Crippen molar-refractivity contribution >= 4 is 21.6 Å². The van der Waals surface area contributed by atoms with Gasteiger partial charge in [-0.2, -0.15) is 0 Å². The van der Waals surface area contributed by atoms with Crippen LogP contribution in [0.3, 0.4) is 0 Å². The maximum Gasteiger partial charge on any atom is 0.0924 e. The second-order valence-electron chi connectivity index (χ2n) is 4.41. The van der Waals surface area contributed by atoms with E-state index >= 15 is 0 Å². The zero-order valence-electron chi connectivity index (χ0n) is 10.7. The van der Waals surface area contributed by atoms with Crippen molar-refractivity contribution in [2.45, 2.75) is 6.54 Å². The number of imidazole rings is 1. The molecule has 0 aliphatic heterocycles. The van der Waals surface area contributed by atoms with E-state index in [-0.39, 0.29) is 0 Å². The van der Waals surface area contributed by atoms with Crippen molar-refractivity contribution < 1.29 is 0 Å². The molecular formula is C15H13BrN4. The summed E-state index contributed by atoms with van der Waals surface area (Å²) in [4.78, 5) is 11.3. The minimum atomic E-state index is 0.746. The second kappa shape index (κ2) is 5.88. The van der Waals surface area contributed by atoms with Crippen LogP contribution in [0.2, 0.25) is 0 Å². The lowest BCUT2D eigenvalue weighted by Gasteiger charge is -2.07. The van der Waals surface area contributed by atoms with Gasteiger partial charge in [-0.25, -0.2) is 4.98 Å². The summed E-state index contributed by atoms with van der Waals surface area (Å²) < 4.78 is 0.992. The van der Waals surface area contributed by atoms with Crippen LogP contribution < -0.4 is 5.32 Å². The topological polar surface area (TPSA) is 53.6 Å². The van der Waals surface area contributed by atoms with E-state index in [2.05, 4.69) is 66.5 Å². The van der Waals surface area contributed by atoms with Crippen molar-refractivity contribution in [3.63, 3.8) is 0 Å². The van der Waals surface area contributed by atoms with Gasteiger partial charge in [-0.3, -0.25) is 4.98 Å². The summed E-state index contributed by atoms with van der Waals surface area (Å²) in [6, 6.07) is 10.3. The SMILES string of the molecule is Brc1cncc(CNc2ccc(-c3cnc[nH]3)cc2)c1. The fourth-order valence-electron chi connectivity index (χ4n) is 1.94. The van der Waals surface area contributed by atoms with Gasteiger partial charge in [0, 0.05) is 29.1 Å². The molecule has 0 saturated carbocycles. The molecular weight excluding hydrogens is 316 g/mol. The maximum absolute atomic E-state index is 4.15. The highest BCUT2D eigenvalue weighted by atomic mass is 79.9. The zero-order chi connectivity index (χ0) is 13.8. The molecule has 0 aliphatic carbocycles. The van der Waals surface area contributed by atoms with Crippen molar-refractivity contribution in [1.29, 1.82) is 0 Å². The Balaban J connectivity index is 1.67. The number of halogens is 1. The van der Waals surface area contributed by atoms with E-state index in [1.807, 2.05) is 12.4 Å². The molecule has 0 radical (unpaired) electrons. The Hall–Kier alpha value is -2.14. The lowest BCUT2D eigenvalue weighted by molar-refractivity contribution is 1.11.